The Kier molecular flexibility index (Phi) is 4.75. The maximum Gasteiger partial charge on any atom is 0.180 e. The lowest BCUT2D eigenvalue weighted by Gasteiger charge is -2.20. The molecule has 0 aliphatic rings. The van der Waals surface area contributed by atoms with Gasteiger partial charge in [-0.05, 0) is 31.9 Å². The van der Waals surface area contributed by atoms with Crippen LogP contribution < -0.4 is 5.06 Å². The number of hydrogen-bond donors (Lipinski definition) is 1. The Morgan fingerprint density at radius 3 is 2.52 bits per heavy atom. The highest BCUT2D eigenvalue weighted by Gasteiger charge is 2.17. The van der Waals surface area contributed by atoms with Crippen molar-refractivity contribution in [2.45, 2.75) is 27.7 Å². The molecule has 112 valence electrons. The Balaban J connectivity index is 2.48. The summed E-state index contributed by atoms with van der Waals surface area (Å²) in [6.45, 7) is 8.15. The van der Waals surface area contributed by atoms with E-state index in [1.807, 2.05) is 39.0 Å². The lowest BCUT2D eigenvalue weighted by atomic mass is 10.2. The van der Waals surface area contributed by atoms with Gasteiger partial charge in [0, 0.05) is 12.2 Å². The Hall–Kier alpha value is -1.72. The van der Waals surface area contributed by atoms with Gasteiger partial charge in [-0.15, -0.1) is 0 Å². The molecule has 6 heteroatoms. The van der Waals surface area contributed by atoms with Gasteiger partial charge in [0.05, 0.1) is 5.69 Å². The van der Waals surface area contributed by atoms with E-state index in [-0.39, 0.29) is 5.92 Å². The first kappa shape index (κ1) is 15.7. The average Bonchev–Trinajstić information content (AvgIpc) is 2.40. The molecule has 0 aliphatic heterocycles. The second-order valence-electron chi connectivity index (χ2n) is 5.41. The number of hydroxylamine groups is 1. The zero-order chi connectivity index (χ0) is 15.6. The summed E-state index contributed by atoms with van der Waals surface area (Å²) in [7, 11) is 0. The normalized spacial score (nSPS) is 11.0. The van der Waals surface area contributed by atoms with Gasteiger partial charge in [-0.25, -0.2) is 20.0 Å². The third-order valence-electron chi connectivity index (χ3n) is 2.90. The summed E-state index contributed by atoms with van der Waals surface area (Å²) in [4.78, 5) is 13.1. The molecular formula is C15H19ClN4O. The van der Waals surface area contributed by atoms with E-state index in [1.165, 1.54) is 0 Å². The quantitative estimate of drug-likeness (QED) is 0.873. The predicted molar refractivity (Wildman–Crippen MR) is 83.7 cm³/mol. The summed E-state index contributed by atoms with van der Waals surface area (Å²) in [6, 6.07) is 5.64. The summed E-state index contributed by atoms with van der Waals surface area (Å²) in [6.07, 6.45) is 0. The third-order valence-corrected chi connectivity index (χ3v) is 3.34. The molecule has 0 spiro atoms. The Bertz CT molecular complexity index is 646. The van der Waals surface area contributed by atoms with Gasteiger partial charge in [-0.2, -0.15) is 0 Å². The summed E-state index contributed by atoms with van der Waals surface area (Å²) in [5, 5.41) is 11.6. The topological polar surface area (TPSA) is 62.1 Å². The lowest BCUT2D eigenvalue weighted by Crippen LogP contribution is -2.25. The summed E-state index contributed by atoms with van der Waals surface area (Å²) in [5.41, 5.74) is 2.16. The standard InChI is InChI=1S/C15H19ClN4O/c1-9(2)8-20(21)15-13(16)11(4)18-14(19-15)12-7-5-6-10(3)17-12/h5-7,9,21H,8H2,1-4H3. The van der Waals surface area contributed by atoms with Crippen LogP contribution in [0, 0.1) is 19.8 Å². The molecule has 0 unspecified atom stereocenters. The fourth-order valence-corrected chi connectivity index (χ4v) is 2.11. The molecule has 2 rings (SSSR count). The van der Waals surface area contributed by atoms with Crippen LogP contribution in [0.2, 0.25) is 5.02 Å². The van der Waals surface area contributed by atoms with E-state index in [9.17, 15) is 5.21 Å². The molecule has 0 saturated heterocycles. The fraction of sp³-hybridized carbons (Fsp3) is 0.400. The van der Waals surface area contributed by atoms with E-state index < -0.39 is 0 Å². The minimum Gasteiger partial charge on any atom is -0.287 e. The fourth-order valence-electron chi connectivity index (χ4n) is 1.93. The van der Waals surface area contributed by atoms with Crippen molar-refractivity contribution >= 4 is 17.4 Å². The van der Waals surface area contributed by atoms with Gasteiger partial charge in [0.2, 0.25) is 0 Å². The summed E-state index contributed by atoms with van der Waals surface area (Å²) >= 11 is 6.22. The van der Waals surface area contributed by atoms with Crippen molar-refractivity contribution < 1.29 is 5.21 Å². The molecule has 0 aliphatic carbocycles. The Labute approximate surface area is 129 Å². The van der Waals surface area contributed by atoms with E-state index in [4.69, 9.17) is 11.6 Å². The van der Waals surface area contributed by atoms with Gasteiger partial charge in [-0.3, -0.25) is 5.21 Å². The van der Waals surface area contributed by atoms with Crippen molar-refractivity contribution in [1.82, 2.24) is 15.0 Å². The molecule has 0 bridgehead atoms. The number of hydrogen-bond acceptors (Lipinski definition) is 5. The minimum atomic E-state index is 0.280. The lowest BCUT2D eigenvalue weighted by molar-refractivity contribution is 0.237. The van der Waals surface area contributed by atoms with Crippen LogP contribution >= 0.6 is 11.6 Å². The van der Waals surface area contributed by atoms with Crippen molar-refractivity contribution in [3.8, 4) is 11.5 Å². The first-order chi connectivity index (χ1) is 9.88. The molecule has 2 aromatic heterocycles. The molecule has 0 atom stereocenters. The monoisotopic (exact) mass is 306 g/mol. The van der Waals surface area contributed by atoms with Gasteiger partial charge < -0.3 is 0 Å². The number of nitrogens with zero attached hydrogens (tertiary/aromatic N) is 4. The van der Waals surface area contributed by atoms with E-state index in [2.05, 4.69) is 15.0 Å². The molecule has 21 heavy (non-hydrogen) atoms. The first-order valence-electron chi connectivity index (χ1n) is 6.83. The number of halogens is 1. The zero-order valence-electron chi connectivity index (χ0n) is 12.6. The Morgan fingerprint density at radius 1 is 1.19 bits per heavy atom. The highest BCUT2D eigenvalue weighted by molar-refractivity contribution is 6.33. The molecule has 2 aromatic rings. The molecular weight excluding hydrogens is 288 g/mol. The van der Waals surface area contributed by atoms with Crippen LogP contribution in [0.3, 0.4) is 0 Å². The summed E-state index contributed by atoms with van der Waals surface area (Å²) < 4.78 is 0. The number of aromatic nitrogens is 3. The number of aryl methyl sites for hydroxylation is 2. The number of pyridine rings is 1. The smallest absolute Gasteiger partial charge is 0.180 e. The maximum atomic E-state index is 10.2. The second-order valence-corrected chi connectivity index (χ2v) is 5.79. The largest absolute Gasteiger partial charge is 0.287 e. The maximum absolute atomic E-state index is 10.2. The van der Waals surface area contributed by atoms with Crippen LogP contribution in [0.5, 0.6) is 0 Å². The van der Waals surface area contributed by atoms with E-state index >= 15 is 0 Å². The van der Waals surface area contributed by atoms with Crippen LogP contribution in [0.4, 0.5) is 5.82 Å². The van der Waals surface area contributed by atoms with E-state index in [0.29, 0.717) is 34.6 Å². The zero-order valence-corrected chi connectivity index (χ0v) is 13.4. The molecule has 0 amide bonds. The molecule has 0 saturated carbocycles. The molecule has 0 radical (unpaired) electrons. The number of rotatable bonds is 4. The SMILES string of the molecule is Cc1cccc(-c2nc(C)c(Cl)c(N(O)CC(C)C)n2)n1. The highest BCUT2D eigenvalue weighted by Crippen LogP contribution is 2.28. The molecule has 1 N–H and O–H groups in total. The first-order valence-corrected chi connectivity index (χ1v) is 7.21. The molecule has 0 aromatic carbocycles. The van der Waals surface area contributed by atoms with Crippen LogP contribution in [0.25, 0.3) is 11.5 Å². The second kappa shape index (κ2) is 6.37. The Morgan fingerprint density at radius 2 is 1.90 bits per heavy atom. The molecule has 2 heterocycles. The van der Waals surface area contributed by atoms with Gasteiger partial charge in [0.25, 0.3) is 0 Å². The highest BCUT2D eigenvalue weighted by atomic mass is 35.5. The van der Waals surface area contributed by atoms with Gasteiger partial charge in [0.15, 0.2) is 11.6 Å². The predicted octanol–water partition coefficient (Wildman–Crippen LogP) is 3.66. The summed E-state index contributed by atoms with van der Waals surface area (Å²) in [5.74, 6) is 1.05. The van der Waals surface area contributed by atoms with Crippen molar-refractivity contribution in [2.75, 3.05) is 11.6 Å². The van der Waals surface area contributed by atoms with Crippen LogP contribution in [0.1, 0.15) is 25.2 Å². The average molecular weight is 307 g/mol. The van der Waals surface area contributed by atoms with Crippen molar-refractivity contribution in [1.29, 1.82) is 0 Å². The minimum absolute atomic E-state index is 0.280. The van der Waals surface area contributed by atoms with Crippen molar-refractivity contribution in [2.24, 2.45) is 5.92 Å². The van der Waals surface area contributed by atoms with Crippen molar-refractivity contribution in [3.63, 3.8) is 0 Å². The van der Waals surface area contributed by atoms with Crippen LogP contribution in [-0.2, 0) is 0 Å². The van der Waals surface area contributed by atoms with Gasteiger partial charge >= 0.3 is 0 Å². The van der Waals surface area contributed by atoms with Gasteiger partial charge in [0.1, 0.15) is 10.7 Å². The van der Waals surface area contributed by atoms with Crippen LogP contribution in [0.15, 0.2) is 18.2 Å². The molecule has 5 nitrogen and oxygen atoms in total. The van der Waals surface area contributed by atoms with E-state index in [1.54, 1.807) is 6.92 Å². The molecule has 0 fully saturated rings. The number of anilines is 1. The third kappa shape index (κ3) is 3.68. The van der Waals surface area contributed by atoms with Crippen LogP contribution in [-0.4, -0.2) is 26.7 Å². The van der Waals surface area contributed by atoms with Crippen molar-refractivity contribution in [3.05, 3.63) is 34.6 Å². The van der Waals surface area contributed by atoms with Gasteiger partial charge in [-0.1, -0.05) is 31.5 Å². The van der Waals surface area contributed by atoms with E-state index in [0.717, 1.165) is 10.8 Å².